The molecule has 3 N–H and O–H groups in total. The lowest BCUT2D eigenvalue weighted by molar-refractivity contribution is 0.185. The summed E-state index contributed by atoms with van der Waals surface area (Å²) in [6.07, 6.45) is 1.72. The first-order valence-corrected chi connectivity index (χ1v) is 6.00. The Morgan fingerprint density at radius 3 is 2.59 bits per heavy atom. The van der Waals surface area contributed by atoms with E-state index in [1.54, 1.807) is 0 Å². The average molecular weight is 235 g/mol. The van der Waals surface area contributed by atoms with E-state index in [0.29, 0.717) is 6.61 Å². The number of hydrogen-bond acceptors (Lipinski definition) is 4. The van der Waals surface area contributed by atoms with Gasteiger partial charge in [0.05, 0.1) is 19.3 Å². The summed E-state index contributed by atoms with van der Waals surface area (Å²) >= 11 is 0. The van der Waals surface area contributed by atoms with Crippen LogP contribution >= 0.6 is 0 Å². The number of rotatable bonds is 2. The zero-order chi connectivity index (χ0) is 11.9. The molecule has 1 aliphatic carbocycles. The number of aliphatic hydroxyl groups excluding tert-OH is 1. The van der Waals surface area contributed by atoms with E-state index in [-0.39, 0.29) is 12.0 Å². The van der Waals surface area contributed by atoms with E-state index >= 15 is 0 Å². The third-order valence-electron chi connectivity index (χ3n) is 3.60. The Labute approximate surface area is 100 Å². The van der Waals surface area contributed by atoms with Crippen LogP contribution in [0.15, 0.2) is 18.2 Å². The number of nitrogens with two attached hydrogens (primary N) is 1. The molecular weight excluding hydrogens is 218 g/mol. The molecule has 0 radical (unpaired) electrons. The lowest BCUT2D eigenvalue weighted by Crippen LogP contribution is -2.17. The second kappa shape index (κ2) is 3.89. The molecule has 0 amide bonds. The van der Waals surface area contributed by atoms with Gasteiger partial charge in [-0.3, -0.25) is 0 Å². The minimum Gasteiger partial charge on any atom is -0.489 e. The van der Waals surface area contributed by atoms with Crippen molar-refractivity contribution in [2.45, 2.75) is 18.9 Å². The monoisotopic (exact) mass is 235 g/mol. The molecule has 1 spiro atoms. The van der Waals surface area contributed by atoms with Crippen molar-refractivity contribution in [1.82, 2.24) is 0 Å². The van der Waals surface area contributed by atoms with Crippen LogP contribution in [0.3, 0.4) is 0 Å². The smallest absolute Gasteiger partial charge is 0.161 e. The van der Waals surface area contributed by atoms with Crippen molar-refractivity contribution >= 4 is 0 Å². The third kappa shape index (κ3) is 1.98. The van der Waals surface area contributed by atoms with Gasteiger partial charge in [-0.1, -0.05) is 6.07 Å². The highest BCUT2D eigenvalue weighted by molar-refractivity contribution is 5.44. The van der Waals surface area contributed by atoms with Crippen LogP contribution in [0, 0.1) is 5.41 Å². The molecule has 4 nitrogen and oxygen atoms in total. The predicted molar refractivity (Wildman–Crippen MR) is 63.1 cm³/mol. The van der Waals surface area contributed by atoms with Crippen molar-refractivity contribution < 1.29 is 14.6 Å². The van der Waals surface area contributed by atoms with Crippen LogP contribution in [0.2, 0.25) is 0 Å². The molecule has 3 rings (SSSR count). The van der Waals surface area contributed by atoms with Gasteiger partial charge in [0.2, 0.25) is 0 Å². The van der Waals surface area contributed by atoms with Gasteiger partial charge in [0.1, 0.15) is 0 Å². The van der Waals surface area contributed by atoms with Crippen LogP contribution < -0.4 is 15.2 Å². The molecule has 1 heterocycles. The molecule has 1 unspecified atom stereocenters. The quantitative estimate of drug-likeness (QED) is 0.809. The molecule has 1 fully saturated rings. The van der Waals surface area contributed by atoms with Crippen LogP contribution in [0.1, 0.15) is 24.5 Å². The molecule has 0 aromatic heterocycles. The number of hydrogen-bond donors (Lipinski definition) is 2. The van der Waals surface area contributed by atoms with Crippen LogP contribution in [0.5, 0.6) is 11.5 Å². The first kappa shape index (κ1) is 10.9. The summed E-state index contributed by atoms with van der Waals surface area (Å²) < 4.78 is 11.5. The van der Waals surface area contributed by atoms with Gasteiger partial charge in [0, 0.05) is 12.0 Å². The van der Waals surface area contributed by atoms with Crippen molar-refractivity contribution in [2.75, 3.05) is 19.8 Å². The normalized spacial score (nSPS) is 22.0. The summed E-state index contributed by atoms with van der Waals surface area (Å²) in [5.74, 6) is 1.49. The van der Waals surface area contributed by atoms with Crippen molar-refractivity contribution in [2.24, 2.45) is 11.1 Å². The molecule has 17 heavy (non-hydrogen) atoms. The number of aliphatic hydroxyl groups is 1. The van der Waals surface area contributed by atoms with Crippen LogP contribution in [0.4, 0.5) is 0 Å². The molecule has 4 heteroatoms. The fourth-order valence-corrected chi connectivity index (χ4v) is 2.07. The van der Waals surface area contributed by atoms with Crippen molar-refractivity contribution in [3.63, 3.8) is 0 Å². The SMILES string of the molecule is NCC(O)c1ccc2c(c1)OCC1(CC1)CO2. The third-order valence-corrected chi connectivity index (χ3v) is 3.60. The van der Waals surface area contributed by atoms with Crippen LogP contribution in [-0.4, -0.2) is 24.9 Å². The summed E-state index contributed by atoms with van der Waals surface area (Å²) in [6.45, 7) is 1.66. The van der Waals surface area contributed by atoms with Crippen molar-refractivity contribution in [1.29, 1.82) is 0 Å². The van der Waals surface area contributed by atoms with Gasteiger partial charge < -0.3 is 20.3 Å². The highest BCUT2D eigenvalue weighted by Crippen LogP contribution is 2.49. The standard InChI is InChI=1S/C13H17NO3/c14-6-10(15)9-1-2-11-12(5-9)17-8-13(3-4-13)7-16-11/h1-2,5,10,15H,3-4,6-8,14H2. The minimum atomic E-state index is -0.637. The molecule has 1 aromatic carbocycles. The minimum absolute atomic E-state index is 0.212. The Hall–Kier alpha value is -1.26. The molecule has 92 valence electrons. The number of ether oxygens (including phenoxy) is 2. The van der Waals surface area contributed by atoms with E-state index in [2.05, 4.69) is 0 Å². The zero-order valence-electron chi connectivity index (χ0n) is 9.69. The second-order valence-corrected chi connectivity index (χ2v) is 5.04. The van der Waals surface area contributed by atoms with Gasteiger partial charge in [0.15, 0.2) is 11.5 Å². The van der Waals surface area contributed by atoms with Gasteiger partial charge in [0.25, 0.3) is 0 Å². The number of benzene rings is 1. The first-order chi connectivity index (χ1) is 8.22. The highest BCUT2D eigenvalue weighted by Gasteiger charge is 2.46. The molecule has 2 aliphatic rings. The van der Waals surface area contributed by atoms with Gasteiger partial charge in [-0.2, -0.15) is 0 Å². The van der Waals surface area contributed by atoms with Crippen molar-refractivity contribution in [3.8, 4) is 11.5 Å². The number of fused-ring (bicyclic) bond motifs is 1. The lowest BCUT2D eigenvalue weighted by Gasteiger charge is -2.12. The Balaban J connectivity index is 1.86. The maximum absolute atomic E-state index is 9.69. The van der Waals surface area contributed by atoms with E-state index < -0.39 is 6.10 Å². The fraction of sp³-hybridized carbons (Fsp3) is 0.538. The lowest BCUT2D eigenvalue weighted by atomic mass is 10.1. The summed E-state index contributed by atoms with van der Waals surface area (Å²) in [5.41, 5.74) is 6.46. The fourth-order valence-electron chi connectivity index (χ4n) is 2.07. The Kier molecular flexibility index (Phi) is 2.49. The zero-order valence-corrected chi connectivity index (χ0v) is 9.69. The van der Waals surface area contributed by atoms with Gasteiger partial charge in [-0.25, -0.2) is 0 Å². The molecule has 0 bridgehead atoms. The molecule has 1 atom stereocenters. The molecule has 1 aromatic rings. The topological polar surface area (TPSA) is 64.7 Å². The van der Waals surface area contributed by atoms with E-state index in [4.69, 9.17) is 15.2 Å². The Bertz CT molecular complexity index is 429. The summed E-state index contributed by atoms with van der Waals surface area (Å²) in [4.78, 5) is 0. The largest absolute Gasteiger partial charge is 0.489 e. The van der Waals surface area contributed by atoms with Gasteiger partial charge >= 0.3 is 0 Å². The highest BCUT2D eigenvalue weighted by atomic mass is 16.5. The van der Waals surface area contributed by atoms with E-state index in [1.807, 2.05) is 18.2 Å². The Morgan fingerprint density at radius 2 is 1.94 bits per heavy atom. The van der Waals surface area contributed by atoms with E-state index in [0.717, 1.165) is 23.7 Å². The first-order valence-electron chi connectivity index (χ1n) is 6.00. The molecule has 0 saturated heterocycles. The summed E-state index contributed by atoms with van der Waals surface area (Å²) in [7, 11) is 0. The van der Waals surface area contributed by atoms with Gasteiger partial charge in [-0.15, -0.1) is 0 Å². The molecular formula is C13H17NO3. The van der Waals surface area contributed by atoms with E-state index in [9.17, 15) is 5.11 Å². The maximum Gasteiger partial charge on any atom is 0.161 e. The van der Waals surface area contributed by atoms with Crippen LogP contribution in [-0.2, 0) is 0 Å². The second-order valence-electron chi connectivity index (χ2n) is 5.04. The predicted octanol–water partition coefficient (Wildman–Crippen LogP) is 1.23. The molecule has 1 saturated carbocycles. The maximum atomic E-state index is 9.69. The average Bonchev–Trinajstić information content (AvgIpc) is 3.16. The van der Waals surface area contributed by atoms with Gasteiger partial charge in [-0.05, 0) is 30.5 Å². The van der Waals surface area contributed by atoms with Crippen LogP contribution in [0.25, 0.3) is 0 Å². The van der Waals surface area contributed by atoms with E-state index in [1.165, 1.54) is 12.8 Å². The molecule has 1 aliphatic heterocycles. The summed E-state index contributed by atoms with van der Waals surface area (Å²) in [6, 6.07) is 5.52. The summed E-state index contributed by atoms with van der Waals surface area (Å²) in [5, 5.41) is 9.69. The van der Waals surface area contributed by atoms with Crippen molar-refractivity contribution in [3.05, 3.63) is 23.8 Å². The Morgan fingerprint density at radius 1 is 1.24 bits per heavy atom.